The molecule has 1 aromatic heterocycles. The van der Waals surface area contributed by atoms with E-state index in [1.807, 2.05) is 6.92 Å². The Morgan fingerprint density at radius 3 is 2.48 bits per heavy atom. The van der Waals surface area contributed by atoms with E-state index >= 15 is 0 Å². The number of hydrogen-bond donors (Lipinski definition) is 1. The molecule has 0 aliphatic rings. The minimum atomic E-state index is 0.563. The van der Waals surface area contributed by atoms with Crippen molar-refractivity contribution in [3.63, 3.8) is 0 Å². The summed E-state index contributed by atoms with van der Waals surface area (Å²) in [6.45, 7) is 4.70. The molecule has 2 nitrogen and oxygen atoms in total. The van der Waals surface area contributed by atoms with Gasteiger partial charge in [-0.05, 0) is 53.9 Å². The molecular weight excluding hydrogens is 276 g/mol. The molecule has 0 saturated carbocycles. The molecular formula is C18H18N2S. The standard InChI is InChI=1S/C18H18N2S/c1-12-9-13(2)20-18(10-12)21-17-8-7-14(11-19)15-5-3-4-6-16(15)17/h3-10H,11,19H2,1-2H3. The van der Waals surface area contributed by atoms with E-state index in [1.165, 1.54) is 26.8 Å². The van der Waals surface area contributed by atoms with Crippen molar-refractivity contribution in [1.29, 1.82) is 0 Å². The second-order valence-corrected chi connectivity index (χ2v) is 6.26. The van der Waals surface area contributed by atoms with Crippen LogP contribution < -0.4 is 5.73 Å². The summed E-state index contributed by atoms with van der Waals surface area (Å²) in [7, 11) is 0. The third kappa shape index (κ3) is 2.94. The van der Waals surface area contributed by atoms with Crippen molar-refractivity contribution < 1.29 is 0 Å². The van der Waals surface area contributed by atoms with Crippen LogP contribution in [-0.2, 0) is 6.54 Å². The van der Waals surface area contributed by atoms with Crippen molar-refractivity contribution in [2.45, 2.75) is 30.3 Å². The van der Waals surface area contributed by atoms with Crippen LogP contribution in [-0.4, -0.2) is 4.98 Å². The van der Waals surface area contributed by atoms with Crippen LogP contribution in [0.5, 0.6) is 0 Å². The maximum absolute atomic E-state index is 5.84. The molecule has 2 aromatic carbocycles. The van der Waals surface area contributed by atoms with Crippen molar-refractivity contribution in [2.75, 3.05) is 0 Å². The van der Waals surface area contributed by atoms with Gasteiger partial charge in [0.05, 0.1) is 0 Å². The Morgan fingerprint density at radius 1 is 1.00 bits per heavy atom. The summed E-state index contributed by atoms with van der Waals surface area (Å²) >= 11 is 1.71. The molecule has 0 fully saturated rings. The predicted molar refractivity (Wildman–Crippen MR) is 89.7 cm³/mol. The van der Waals surface area contributed by atoms with Crippen molar-refractivity contribution in [3.8, 4) is 0 Å². The summed E-state index contributed by atoms with van der Waals surface area (Å²) < 4.78 is 0. The number of rotatable bonds is 3. The first-order chi connectivity index (χ1) is 10.2. The van der Waals surface area contributed by atoms with Gasteiger partial charge in [-0.2, -0.15) is 0 Å². The number of benzene rings is 2. The minimum absolute atomic E-state index is 0.563. The van der Waals surface area contributed by atoms with E-state index in [-0.39, 0.29) is 0 Å². The van der Waals surface area contributed by atoms with Crippen molar-refractivity contribution in [1.82, 2.24) is 4.98 Å². The largest absolute Gasteiger partial charge is 0.326 e. The van der Waals surface area contributed by atoms with Crippen LogP contribution >= 0.6 is 11.8 Å². The van der Waals surface area contributed by atoms with Crippen LogP contribution in [0.4, 0.5) is 0 Å². The fourth-order valence-corrected chi connectivity index (χ4v) is 3.65. The highest BCUT2D eigenvalue weighted by Gasteiger charge is 2.07. The van der Waals surface area contributed by atoms with Crippen LogP contribution in [0.15, 0.2) is 58.5 Å². The van der Waals surface area contributed by atoms with E-state index < -0.39 is 0 Å². The number of aromatic nitrogens is 1. The van der Waals surface area contributed by atoms with E-state index in [9.17, 15) is 0 Å². The number of nitrogens with two attached hydrogens (primary N) is 1. The van der Waals surface area contributed by atoms with Crippen LogP contribution in [0.1, 0.15) is 16.8 Å². The molecule has 0 unspecified atom stereocenters. The van der Waals surface area contributed by atoms with Gasteiger partial charge in [-0.3, -0.25) is 0 Å². The topological polar surface area (TPSA) is 38.9 Å². The molecule has 0 spiro atoms. The Morgan fingerprint density at radius 2 is 1.76 bits per heavy atom. The minimum Gasteiger partial charge on any atom is -0.326 e. The van der Waals surface area contributed by atoms with Gasteiger partial charge in [0.2, 0.25) is 0 Å². The normalized spacial score (nSPS) is 11.0. The second-order valence-electron chi connectivity index (χ2n) is 5.20. The maximum Gasteiger partial charge on any atom is 0.101 e. The average Bonchev–Trinajstić information content (AvgIpc) is 2.46. The first-order valence-electron chi connectivity index (χ1n) is 7.01. The molecule has 0 aliphatic carbocycles. The van der Waals surface area contributed by atoms with Gasteiger partial charge in [0.1, 0.15) is 5.03 Å². The summed E-state index contributed by atoms with van der Waals surface area (Å²) in [5, 5.41) is 3.51. The third-order valence-electron chi connectivity index (χ3n) is 3.48. The summed E-state index contributed by atoms with van der Waals surface area (Å²) in [6, 6.07) is 16.9. The van der Waals surface area contributed by atoms with E-state index in [0.717, 1.165) is 10.7 Å². The molecule has 0 amide bonds. The van der Waals surface area contributed by atoms with Crippen molar-refractivity contribution >= 4 is 22.5 Å². The zero-order chi connectivity index (χ0) is 14.8. The Hall–Kier alpha value is -1.84. The first kappa shape index (κ1) is 14.1. The van der Waals surface area contributed by atoms with Gasteiger partial charge >= 0.3 is 0 Å². The predicted octanol–water partition coefficient (Wildman–Crippen LogP) is 4.46. The van der Waals surface area contributed by atoms with Gasteiger partial charge in [0.25, 0.3) is 0 Å². The zero-order valence-electron chi connectivity index (χ0n) is 12.3. The van der Waals surface area contributed by atoms with Crippen LogP contribution in [0.25, 0.3) is 10.8 Å². The Bertz CT molecular complexity index is 776. The second kappa shape index (κ2) is 5.88. The monoisotopic (exact) mass is 294 g/mol. The van der Waals surface area contributed by atoms with Gasteiger partial charge in [0, 0.05) is 17.1 Å². The summed E-state index contributed by atoms with van der Waals surface area (Å²) in [6.07, 6.45) is 0. The molecule has 106 valence electrons. The van der Waals surface area contributed by atoms with Gasteiger partial charge in [-0.25, -0.2) is 4.98 Å². The fourth-order valence-electron chi connectivity index (χ4n) is 2.57. The molecule has 2 N–H and O–H groups in total. The van der Waals surface area contributed by atoms with E-state index in [0.29, 0.717) is 6.54 Å². The number of nitrogens with zero attached hydrogens (tertiary/aromatic N) is 1. The van der Waals surface area contributed by atoms with E-state index in [1.54, 1.807) is 11.8 Å². The highest BCUT2D eigenvalue weighted by atomic mass is 32.2. The lowest BCUT2D eigenvalue weighted by atomic mass is 10.0. The molecule has 0 radical (unpaired) electrons. The Kier molecular flexibility index (Phi) is 3.95. The highest BCUT2D eigenvalue weighted by molar-refractivity contribution is 7.99. The third-order valence-corrected chi connectivity index (χ3v) is 4.48. The molecule has 1 heterocycles. The summed E-state index contributed by atoms with van der Waals surface area (Å²) in [5.74, 6) is 0. The lowest BCUT2D eigenvalue weighted by Gasteiger charge is -2.10. The quantitative estimate of drug-likeness (QED) is 0.775. The van der Waals surface area contributed by atoms with E-state index in [4.69, 9.17) is 5.73 Å². The highest BCUT2D eigenvalue weighted by Crippen LogP contribution is 2.34. The van der Waals surface area contributed by atoms with Gasteiger partial charge in [0.15, 0.2) is 0 Å². The van der Waals surface area contributed by atoms with Crippen molar-refractivity contribution in [2.24, 2.45) is 5.73 Å². The van der Waals surface area contributed by atoms with Gasteiger partial charge in [-0.15, -0.1) is 0 Å². The van der Waals surface area contributed by atoms with Crippen LogP contribution in [0.2, 0.25) is 0 Å². The summed E-state index contributed by atoms with van der Waals surface area (Å²) in [4.78, 5) is 5.84. The molecule has 3 aromatic rings. The number of pyridine rings is 1. The lowest BCUT2D eigenvalue weighted by Crippen LogP contribution is -1.97. The lowest BCUT2D eigenvalue weighted by molar-refractivity contribution is 1.05. The average molecular weight is 294 g/mol. The molecule has 0 saturated heterocycles. The first-order valence-corrected chi connectivity index (χ1v) is 7.83. The molecule has 0 atom stereocenters. The smallest absolute Gasteiger partial charge is 0.101 e. The van der Waals surface area contributed by atoms with E-state index in [2.05, 4.69) is 60.4 Å². The molecule has 21 heavy (non-hydrogen) atoms. The fraction of sp³-hybridized carbons (Fsp3) is 0.167. The van der Waals surface area contributed by atoms with Crippen LogP contribution in [0, 0.1) is 13.8 Å². The molecule has 0 aliphatic heterocycles. The zero-order valence-corrected chi connectivity index (χ0v) is 13.1. The Labute approximate surface area is 129 Å². The van der Waals surface area contributed by atoms with Crippen LogP contribution in [0.3, 0.4) is 0 Å². The van der Waals surface area contributed by atoms with Gasteiger partial charge < -0.3 is 5.73 Å². The molecule has 0 bridgehead atoms. The van der Waals surface area contributed by atoms with Gasteiger partial charge in [-0.1, -0.05) is 42.1 Å². The van der Waals surface area contributed by atoms with Crippen molar-refractivity contribution in [3.05, 3.63) is 65.4 Å². The maximum atomic E-state index is 5.84. The number of hydrogen-bond acceptors (Lipinski definition) is 3. The Balaban J connectivity index is 2.09. The summed E-state index contributed by atoms with van der Waals surface area (Å²) in [5.41, 5.74) is 9.32. The number of aryl methyl sites for hydroxylation is 2. The molecule has 3 rings (SSSR count). The number of fused-ring (bicyclic) bond motifs is 1. The molecule has 3 heteroatoms. The SMILES string of the molecule is Cc1cc(C)nc(Sc2ccc(CN)c3ccccc23)c1.